The third-order valence-electron chi connectivity index (χ3n) is 4.54. The number of quaternary nitrogens is 1. The number of benzene rings is 3. The predicted molar refractivity (Wildman–Crippen MR) is 116 cm³/mol. The first-order valence-corrected chi connectivity index (χ1v) is 10.6. The molecule has 0 saturated heterocycles. The minimum Gasteiger partial charge on any atom is -0.545 e. The van der Waals surface area contributed by atoms with E-state index in [0.717, 1.165) is 34.3 Å². The molecular weight excluding hydrogens is 446 g/mol. The Balaban J connectivity index is 1.64. The summed E-state index contributed by atoms with van der Waals surface area (Å²) in [5, 5.41) is 13.0. The van der Waals surface area contributed by atoms with Gasteiger partial charge in [-0.2, -0.15) is 0 Å². The average Bonchev–Trinajstić information content (AvgIpc) is 2.74. The van der Waals surface area contributed by atoms with E-state index in [1.807, 2.05) is 61.5 Å². The lowest BCUT2D eigenvalue weighted by molar-refractivity contribution is -0.686. The maximum absolute atomic E-state index is 10.8. The number of carboxylic acids is 1. The van der Waals surface area contributed by atoms with E-state index < -0.39 is 5.97 Å². The summed E-state index contributed by atoms with van der Waals surface area (Å²) in [4.78, 5) is 10.8. The summed E-state index contributed by atoms with van der Waals surface area (Å²) >= 11 is 3.62. The number of hydrogen-bond acceptors (Lipinski definition) is 4. The lowest BCUT2D eigenvalue weighted by Gasteiger charge is -2.15. The molecule has 2 N–H and O–H groups in total. The van der Waals surface area contributed by atoms with Crippen LogP contribution in [0.3, 0.4) is 0 Å². The van der Waals surface area contributed by atoms with Gasteiger partial charge < -0.3 is 24.7 Å². The summed E-state index contributed by atoms with van der Waals surface area (Å²) in [6, 6.07) is 20.8. The molecule has 5 nitrogen and oxygen atoms in total. The second-order valence-corrected chi connectivity index (χ2v) is 7.65. The van der Waals surface area contributed by atoms with E-state index in [1.54, 1.807) is 12.1 Å². The molecule has 0 heterocycles. The van der Waals surface area contributed by atoms with Crippen LogP contribution in [0.4, 0.5) is 0 Å². The average molecular weight is 470 g/mol. The van der Waals surface area contributed by atoms with Crippen molar-refractivity contribution in [1.29, 1.82) is 0 Å². The fourth-order valence-electron chi connectivity index (χ4n) is 3.05. The molecule has 0 saturated carbocycles. The van der Waals surface area contributed by atoms with E-state index in [2.05, 4.69) is 21.2 Å². The second kappa shape index (κ2) is 10.8. The van der Waals surface area contributed by atoms with Crippen LogP contribution in [0.5, 0.6) is 11.5 Å². The molecule has 0 spiro atoms. The third kappa shape index (κ3) is 6.08. The molecule has 3 aromatic rings. The van der Waals surface area contributed by atoms with Crippen LogP contribution < -0.4 is 19.9 Å². The van der Waals surface area contributed by atoms with Gasteiger partial charge in [-0.3, -0.25) is 0 Å². The first-order valence-electron chi connectivity index (χ1n) is 9.80. The Morgan fingerprint density at radius 2 is 1.63 bits per heavy atom. The Hall–Kier alpha value is -2.83. The van der Waals surface area contributed by atoms with E-state index >= 15 is 0 Å². The fourth-order valence-corrected chi connectivity index (χ4v) is 3.66. The Kier molecular flexibility index (Phi) is 7.88. The van der Waals surface area contributed by atoms with E-state index in [4.69, 9.17) is 9.47 Å². The lowest BCUT2D eigenvalue weighted by Crippen LogP contribution is -2.80. The van der Waals surface area contributed by atoms with E-state index in [9.17, 15) is 9.90 Å². The van der Waals surface area contributed by atoms with Gasteiger partial charge in [0.1, 0.15) is 19.7 Å². The first-order chi connectivity index (χ1) is 14.6. The van der Waals surface area contributed by atoms with Crippen LogP contribution in [0.15, 0.2) is 71.2 Å². The van der Waals surface area contributed by atoms with E-state index in [-0.39, 0.29) is 5.56 Å². The molecule has 0 unspecified atom stereocenters. The normalized spacial score (nSPS) is 10.6. The van der Waals surface area contributed by atoms with Crippen molar-refractivity contribution in [1.82, 2.24) is 0 Å². The second-order valence-electron chi connectivity index (χ2n) is 6.79. The summed E-state index contributed by atoms with van der Waals surface area (Å²) < 4.78 is 12.7. The van der Waals surface area contributed by atoms with Gasteiger partial charge in [0.2, 0.25) is 0 Å². The van der Waals surface area contributed by atoms with Crippen LogP contribution >= 0.6 is 15.9 Å². The molecule has 156 valence electrons. The molecule has 0 amide bonds. The van der Waals surface area contributed by atoms with Gasteiger partial charge in [-0.15, -0.1) is 0 Å². The number of carbonyl (C=O) groups excluding carboxylic acids is 1. The molecule has 0 aliphatic rings. The number of aromatic carboxylic acids is 1. The number of rotatable bonds is 10. The lowest BCUT2D eigenvalue weighted by atomic mass is 10.1. The molecule has 0 radical (unpaired) electrons. The van der Waals surface area contributed by atoms with E-state index in [1.165, 1.54) is 0 Å². The minimum absolute atomic E-state index is 0.190. The van der Waals surface area contributed by atoms with Gasteiger partial charge in [-0.1, -0.05) is 54.6 Å². The van der Waals surface area contributed by atoms with Gasteiger partial charge in [-0.05, 0) is 46.1 Å². The van der Waals surface area contributed by atoms with Gasteiger partial charge in [0.05, 0.1) is 17.0 Å². The summed E-state index contributed by atoms with van der Waals surface area (Å²) in [5.41, 5.74) is 3.43. The molecule has 0 atom stereocenters. The SMILES string of the molecule is CCOc1cc(C[NH2+]Cc2ccc(C(=O)[O-])cc2)cc(Br)c1OCc1ccccc1. The Bertz CT molecular complexity index is 975. The van der Waals surface area contributed by atoms with Crippen LogP contribution in [0.1, 0.15) is 34.0 Å². The highest BCUT2D eigenvalue weighted by atomic mass is 79.9. The highest BCUT2D eigenvalue weighted by Crippen LogP contribution is 2.37. The summed E-state index contributed by atoms with van der Waals surface area (Å²) in [6.07, 6.45) is 0. The van der Waals surface area contributed by atoms with Crippen LogP contribution in [-0.2, 0) is 19.7 Å². The molecule has 0 bridgehead atoms. The molecule has 0 aliphatic carbocycles. The smallest absolute Gasteiger partial charge is 0.175 e. The van der Waals surface area contributed by atoms with Crippen molar-refractivity contribution >= 4 is 21.9 Å². The quantitative estimate of drug-likeness (QED) is 0.495. The maximum atomic E-state index is 10.8. The number of hydrogen-bond donors (Lipinski definition) is 1. The number of carboxylic acid groups (broad SMARTS) is 1. The van der Waals surface area contributed by atoms with Crippen molar-refractivity contribution in [3.63, 3.8) is 0 Å². The molecule has 0 fully saturated rings. The van der Waals surface area contributed by atoms with Gasteiger partial charge in [0.25, 0.3) is 0 Å². The fraction of sp³-hybridized carbons (Fsp3) is 0.208. The highest BCUT2D eigenvalue weighted by molar-refractivity contribution is 9.10. The van der Waals surface area contributed by atoms with Crippen molar-refractivity contribution in [3.8, 4) is 11.5 Å². The number of carbonyl (C=O) groups is 1. The molecular formula is C24H24BrNO4. The van der Waals surface area contributed by atoms with Gasteiger partial charge >= 0.3 is 0 Å². The molecule has 3 aromatic carbocycles. The van der Waals surface area contributed by atoms with Gasteiger partial charge in [0, 0.05) is 11.1 Å². The monoisotopic (exact) mass is 469 g/mol. The molecule has 6 heteroatoms. The first kappa shape index (κ1) is 21.9. The maximum Gasteiger partial charge on any atom is 0.175 e. The largest absolute Gasteiger partial charge is 0.545 e. The van der Waals surface area contributed by atoms with Crippen LogP contribution in [0, 0.1) is 0 Å². The highest BCUT2D eigenvalue weighted by Gasteiger charge is 2.13. The zero-order chi connectivity index (χ0) is 21.3. The van der Waals surface area contributed by atoms with Crippen molar-refractivity contribution < 1.29 is 24.7 Å². The Morgan fingerprint density at radius 1 is 0.933 bits per heavy atom. The van der Waals surface area contributed by atoms with E-state index in [0.29, 0.717) is 24.7 Å². The third-order valence-corrected chi connectivity index (χ3v) is 5.13. The molecule has 30 heavy (non-hydrogen) atoms. The van der Waals surface area contributed by atoms with Crippen LogP contribution in [0.25, 0.3) is 0 Å². The molecule has 3 rings (SSSR count). The van der Waals surface area contributed by atoms with Crippen molar-refractivity contribution in [2.75, 3.05) is 6.61 Å². The van der Waals surface area contributed by atoms with Crippen LogP contribution in [0.2, 0.25) is 0 Å². The molecule has 0 aliphatic heterocycles. The standard InChI is InChI=1S/C24H24BrNO4/c1-2-29-22-13-19(15-26-14-17-8-10-20(11-9-17)24(27)28)12-21(25)23(22)30-16-18-6-4-3-5-7-18/h3-13,26H,2,14-16H2,1H3,(H,27,28). The topological polar surface area (TPSA) is 75.2 Å². The number of nitrogens with two attached hydrogens (primary N) is 1. The Labute approximate surface area is 184 Å². The van der Waals surface area contributed by atoms with Gasteiger partial charge in [0.15, 0.2) is 11.5 Å². The van der Waals surface area contributed by atoms with Gasteiger partial charge in [-0.25, -0.2) is 0 Å². The zero-order valence-electron chi connectivity index (χ0n) is 16.8. The number of ether oxygens (including phenoxy) is 2. The molecule has 0 aromatic heterocycles. The summed E-state index contributed by atoms with van der Waals surface area (Å²) in [5.74, 6) is 0.250. The van der Waals surface area contributed by atoms with Crippen molar-refractivity contribution in [3.05, 3.63) is 93.5 Å². The Morgan fingerprint density at radius 3 is 2.30 bits per heavy atom. The van der Waals surface area contributed by atoms with Crippen LogP contribution in [-0.4, -0.2) is 12.6 Å². The van der Waals surface area contributed by atoms with Crippen molar-refractivity contribution in [2.45, 2.75) is 26.6 Å². The summed E-state index contributed by atoms with van der Waals surface area (Å²) in [6.45, 7) is 4.45. The van der Waals surface area contributed by atoms with Crippen molar-refractivity contribution in [2.24, 2.45) is 0 Å². The predicted octanol–water partition coefficient (Wildman–Crippen LogP) is 3.05. The minimum atomic E-state index is -1.16. The number of halogens is 1. The summed E-state index contributed by atoms with van der Waals surface area (Å²) in [7, 11) is 0. The zero-order valence-corrected chi connectivity index (χ0v) is 18.4.